The van der Waals surface area contributed by atoms with Gasteiger partial charge in [-0.2, -0.15) is 0 Å². The quantitative estimate of drug-likeness (QED) is 0.678. The molecule has 0 radical (unpaired) electrons. The number of hydrogen-bond acceptors (Lipinski definition) is 4. The number of rotatable bonds is 1. The van der Waals surface area contributed by atoms with E-state index < -0.39 is 5.60 Å². The number of carbonyl (C=O) groups excluding carboxylic acids is 1. The lowest BCUT2D eigenvalue weighted by Gasteiger charge is -2.33. The first-order chi connectivity index (χ1) is 7.47. The summed E-state index contributed by atoms with van der Waals surface area (Å²) in [6, 6.07) is 0.339. The van der Waals surface area contributed by atoms with Crippen LogP contribution in [0.3, 0.4) is 0 Å². The minimum atomic E-state index is -0.392. The largest absolute Gasteiger partial charge is 0.460 e. The highest BCUT2D eigenvalue weighted by Crippen LogP contribution is 2.30. The molecule has 0 aromatic carbocycles. The molecule has 2 saturated heterocycles. The molecular formula is C12H21NO3. The Morgan fingerprint density at radius 3 is 2.81 bits per heavy atom. The Labute approximate surface area is 96.7 Å². The van der Waals surface area contributed by atoms with Crippen LogP contribution in [0, 0.1) is 11.8 Å². The molecule has 2 heterocycles. The summed E-state index contributed by atoms with van der Waals surface area (Å²) in [5, 5.41) is 3.40. The summed E-state index contributed by atoms with van der Waals surface area (Å²) < 4.78 is 10.9. The van der Waals surface area contributed by atoms with Gasteiger partial charge in [0.15, 0.2) is 0 Å². The van der Waals surface area contributed by atoms with Gasteiger partial charge in [-0.05, 0) is 33.7 Å². The summed E-state index contributed by atoms with van der Waals surface area (Å²) in [5.41, 5.74) is -0.392. The second kappa shape index (κ2) is 4.34. The van der Waals surface area contributed by atoms with Crippen molar-refractivity contribution in [2.24, 2.45) is 11.8 Å². The maximum Gasteiger partial charge on any atom is 0.309 e. The predicted octanol–water partition coefficient (Wildman–Crippen LogP) is 0.953. The molecule has 2 fully saturated rings. The van der Waals surface area contributed by atoms with E-state index in [1.807, 2.05) is 20.8 Å². The minimum Gasteiger partial charge on any atom is -0.460 e. The lowest BCUT2D eigenvalue weighted by atomic mass is 9.82. The van der Waals surface area contributed by atoms with Crippen molar-refractivity contribution in [1.29, 1.82) is 0 Å². The van der Waals surface area contributed by atoms with E-state index in [1.54, 1.807) is 0 Å². The Bertz CT molecular complexity index is 272. The summed E-state index contributed by atoms with van der Waals surface area (Å²) in [4.78, 5) is 12.1. The van der Waals surface area contributed by atoms with Crippen molar-refractivity contribution in [3.63, 3.8) is 0 Å². The molecule has 2 aliphatic heterocycles. The summed E-state index contributed by atoms with van der Waals surface area (Å²) in [7, 11) is 0. The van der Waals surface area contributed by atoms with Crippen LogP contribution in [0.1, 0.15) is 27.2 Å². The Morgan fingerprint density at radius 2 is 2.12 bits per heavy atom. The van der Waals surface area contributed by atoms with E-state index in [4.69, 9.17) is 9.47 Å². The number of nitrogens with one attached hydrogen (secondary N) is 1. The lowest BCUT2D eigenvalue weighted by molar-refractivity contribution is -0.163. The van der Waals surface area contributed by atoms with Crippen LogP contribution >= 0.6 is 0 Å². The van der Waals surface area contributed by atoms with Gasteiger partial charge in [0.2, 0.25) is 0 Å². The van der Waals surface area contributed by atoms with E-state index in [-0.39, 0.29) is 11.9 Å². The van der Waals surface area contributed by atoms with E-state index in [2.05, 4.69) is 5.32 Å². The molecule has 0 amide bonds. The average Bonchev–Trinajstić information content (AvgIpc) is 2.61. The van der Waals surface area contributed by atoms with E-state index in [0.29, 0.717) is 18.6 Å². The summed E-state index contributed by atoms with van der Waals surface area (Å²) >= 11 is 0. The van der Waals surface area contributed by atoms with Crippen LogP contribution in [0.4, 0.5) is 0 Å². The molecule has 0 aliphatic carbocycles. The normalized spacial score (nSPS) is 34.6. The molecular weight excluding hydrogens is 206 g/mol. The number of hydrogen-bond donors (Lipinski definition) is 1. The zero-order valence-electron chi connectivity index (χ0n) is 10.3. The SMILES string of the molecule is CC(C)(C)OC(=O)[C@@H]1CCN[C@@H]2COC[C@H]21. The van der Waals surface area contributed by atoms with E-state index >= 15 is 0 Å². The Morgan fingerprint density at radius 1 is 1.38 bits per heavy atom. The highest BCUT2D eigenvalue weighted by Gasteiger charge is 2.42. The van der Waals surface area contributed by atoms with Crippen molar-refractivity contribution in [2.75, 3.05) is 19.8 Å². The van der Waals surface area contributed by atoms with Crippen molar-refractivity contribution in [2.45, 2.75) is 38.8 Å². The third kappa shape index (κ3) is 2.55. The van der Waals surface area contributed by atoms with Gasteiger partial charge >= 0.3 is 5.97 Å². The number of esters is 1. The van der Waals surface area contributed by atoms with Crippen molar-refractivity contribution >= 4 is 5.97 Å². The molecule has 2 aliphatic rings. The van der Waals surface area contributed by atoms with Gasteiger partial charge in [-0.25, -0.2) is 0 Å². The van der Waals surface area contributed by atoms with Crippen molar-refractivity contribution in [3.05, 3.63) is 0 Å². The average molecular weight is 227 g/mol. The van der Waals surface area contributed by atoms with E-state index in [0.717, 1.165) is 19.6 Å². The zero-order chi connectivity index (χ0) is 11.8. The lowest BCUT2D eigenvalue weighted by Crippen LogP contribution is -2.48. The highest BCUT2D eigenvalue weighted by molar-refractivity contribution is 5.73. The molecule has 0 unspecified atom stereocenters. The van der Waals surface area contributed by atoms with Crippen LogP contribution in [0.25, 0.3) is 0 Å². The van der Waals surface area contributed by atoms with Gasteiger partial charge in [0.05, 0.1) is 19.1 Å². The molecule has 4 heteroatoms. The van der Waals surface area contributed by atoms with Crippen LogP contribution in [-0.4, -0.2) is 37.4 Å². The molecule has 3 atom stereocenters. The van der Waals surface area contributed by atoms with Gasteiger partial charge in [0, 0.05) is 12.0 Å². The summed E-state index contributed by atoms with van der Waals surface area (Å²) in [5.74, 6) is 0.242. The molecule has 0 aromatic heterocycles. The second-order valence-corrected chi connectivity index (χ2v) is 5.69. The summed E-state index contributed by atoms with van der Waals surface area (Å²) in [6.07, 6.45) is 0.861. The van der Waals surface area contributed by atoms with Gasteiger partial charge in [0.25, 0.3) is 0 Å². The Balaban J connectivity index is 2.00. The molecule has 92 valence electrons. The standard InChI is InChI=1S/C12H21NO3/c1-12(2,3)16-11(14)8-4-5-13-10-7-15-6-9(8)10/h8-10,13H,4-7H2,1-3H3/t8-,9+,10-/m1/s1. The van der Waals surface area contributed by atoms with Crippen molar-refractivity contribution < 1.29 is 14.3 Å². The highest BCUT2D eigenvalue weighted by atomic mass is 16.6. The molecule has 16 heavy (non-hydrogen) atoms. The zero-order valence-corrected chi connectivity index (χ0v) is 10.3. The number of piperidine rings is 1. The molecule has 1 N–H and O–H groups in total. The van der Waals surface area contributed by atoms with Crippen molar-refractivity contribution in [3.8, 4) is 0 Å². The molecule has 0 bridgehead atoms. The smallest absolute Gasteiger partial charge is 0.309 e. The Kier molecular flexibility index (Phi) is 3.22. The topological polar surface area (TPSA) is 47.6 Å². The molecule has 0 saturated carbocycles. The van der Waals surface area contributed by atoms with Gasteiger partial charge < -0.3 is 14.8 Å². The maximum absolute atomic E-state index is 12.1. The van der Waals surface area contributed by atoms with Crippen LogP contribution < -0.4 is 5.32 Å². The van der Waals surface area contributed by atoms with Crippen LogP contribution in [0.5, 0.6) is 0 Å². The fraction of sp³-hybridized carbons (Fsp3) is 0.917. The van der Waals surface area contributed by atoms with Crippen molar-refractivity contribution in [1.82, 2.24) is 5.32 Å². The Hall–Kier alpha value is -0.610. The molecule has 0 spiro atoms. The maximum atomic E-state index is 12.1. The van der Waals surface area contributed by atoms with E-state index in [9.17, 15) is 4.79 Å². The third-order valence-electron chi connectivity index (χ3n) is 3.21. The first-order valence-electron chi connectivity index (χ1n) is 6.01. The second-order valence-electron chi connectivity index (χ2n) is 5.69. The van der Waals surface area contributed by atoms with Gasteiger partial charge in [-0.1, -0.05) is 0 Å². The van der Waals surface area contributed by atoms with Crippen LogP contribution in [-0.2, 0) is 14.3 Å². The van der Waals surface area contributed by atoms with Gasteiger partial charge in [0.1, 0.15) is 5.60 Å². The van der Waals surface area contributed by atoms with E-state index in [1.165, 1.54) is 0 Å². The number of carbonyl (C=O) groups is 1. The summed E-state index contributed by atoms with van der Waals surface area (Å²) in [6.45, 7) is 8.03. The first-order valence-corrected chi connectivity index (χ1v) is 6.01. The third-order valence-corrected chi connectivity index (χ3v) is 3.21. The van der Waals surface area contributed by atoms with Crippen LogP contribution in [0.2, 0.25) is 0 Å². The minimum absolute atomic E-state index is 0.00738. The predicted molar refractivity (Wildman–Crippen MR) is 60.1 cm³/mol. The molecule has 2 rings (SSSR count). The monoisotopic (exact) mass is 227 g/mol. The number of fused-ring (bicyclic) bond motifs is 1. The van der Waals surface area contributed by atoms with Gasteiger partial charge in [-0.15, -0.1) is 0 Å². The first kappa shape index (κ1) is 11.9. The van der Waals surface area contributed by atoms with Crippen LogP contribution in [0.15, 0.2) is 0 Å². The molecule has 0 aromatic rings. The molecule has 4 nitrogen and oxygen atoms in total. The fourth-order valence-electron chi connectivity index (χ4n) is 2.49. The van der Waals surface area contributed by atoms with Gasteiger partial charge in [-0.3, -0.25) is 4.79 Å². The fourth-order valence-corrected chi connectivity index (χ4v) is 2.49. The number of ether oxygens (including phenoxy) is 2.